The molecule has 1 atom stereocenters. The fraction of sp³-hybridized carbons (Fsp3) is 0.474. The summed E-state index contributed by atoms with van der Waals surface area (Å²) in [6, 6.07) is 5.84. The van der Waals surface area contributed by atoms with E-state index in [0.717, 1.165) is 56.1 Å². The van der Waals surface area contributed by atoms with Crippen molar-refractivity contribution in [3.63, 3.8) is 0 Å². The fourth-order valence-electron chi connectivity index (χ4n) is 3.85. The molecule has 2 saturated heterocycles. The molecular formula is C19H23N5O. The number of rotatable bonds is 4. The highest BCUT2D eigenvalue weighted by Crippen LogP contribution is 2.41. The lowest BCUT2D eigenvalue weighted by molar-refractivity contribution is -0.135. The number of likely N-dealkylation sites (tertiary alicyclic amines) is 1. The number of carbonyl (C=O) groups is 1. The van der Waals surface area contributed by atoms with E-state index in [1.54, 1.807) is 6.20 Å². The van der Waals surface area contributed by atoms with Crippen LogP contribution in [0.25, 0.3) is 0 Å². The lowest BCUT2D eigenvalue weighted by atomic mass is 9.85. The zero-order chi connectivity index (χ0) is 17.3. The number of anilines is 1. The van der Waals surface area contributed by atoms with E-state index in [-0.39, 0.29) is 11.3 Å². The van der Waals surface area contributed by atoms with Crippen molar-refractivity contribution in [1.82, 2.24) is 19.9 Å². The standard InChI is InChI=1S/C19H23N5O/c1-2-15-11-21-18(22-12-15)24-10-7-19(14-24)6-9-23(17(19)25)13-16-5-3-4-8-20-16/h3-5,8,11-12H,2,6-7,9-10,13-14H2,1H3/t19-/m0/s1. The van der Waals surface area contributed by atoms with Gasteiger partial charge in [0.05, 0.1) is 17.7 Å². The van der Waals surface area contributed by atoms with E-state index >= 15 is 0 Å². The summed E-state index contributed by atoms with van der Waals surface area (Å²) in [4.78, 5) is 30.4. The molecular weight excluding hydrogens is 314 g/mol. The van der Waals surface area contributed by atoms with Gasteiger partial charge in [-0.25, -0.2) is 9.97 Å². The minimum absolute atomic E-state index is 0.255. The summed E-state index contributed by atoms with van der Waals surface area (Å²) >= 11 is 0. The van der Waals surface area contributed by atoms with E-state index in [4.69, 9.17) is 0 Å². The zero-order valence-electron chi connectivity index (χ0n) is 14.6. The molecule has 1 amide bonds. The van der Waals surface area contributed by atoms with Gasteiger partial charge < -0.3 is 9.80 Å². The van der Waals surface area contributed by atoms with E-state index in [2.05, 4.69) is 26.8 Å². The predicted molar refractivity (Wildman–Crippen MR) is 94.9 cm³/mol. The van der Waals surface area contributed by atoms with Crippen LogP contribution in [0.4, 0.5) is 5.95 Å². The van der Waals surface area contributed by atoms with Gasteiger partial charge in [-0.15, -0.1) is 0 Å². The van der Waals surface area contributed by atoms with Crippen LogP contribution < -0.4 is 4.90 Å². The molecule has 6 heteroatoms. The van der Waals surface area contributed by atoms with Crippen molar-refractivity contribution in [3.8, 4) is 0 Å². The summed E-state index contributed by atoms with van der Waals surface area (Å²) in [6.07, 6.45) is 8.27. The Morgan fingerprint density at radius 1 is 1.12 bits per heavy atom. The maximum Gasteiger partial charge on any atom is 0.231 e. The number of hydrogen-bond acceptors (Lipinski definition) is 5. The van der Waals surface area contributed by atoms with Gasteiger partial charge in [0.2, 0.25) is 11.9 Å². The summed E-state index contributed by atoms with van der Waals surface area (Å²) in [5.41, 5.74) is 1.80. The molecule has 4 heterocycles. The SMILES string of the molecule is CCc1cnc(N2CC[C@@]3(CCN(Cc4ccccn4)C3=O)C2)nc1. The Hall–Kier alpha value is -2.50. The van der Waals surface area contributed by atoms with E-state index in [0.29, 0.717) is 6.54 Å². The number of carbonyl (C=O) groups excluding carboxylic acids is 1. The van der Waals surface area contributed by atoms with E-state index < -0.39 is 0 Å². The van der Waals surface area contributed by atoms with Crippen molar-refractivity contribution in [1.29, 1.82) is 0 Å². The highest BCUT2D eigenvalue weighted by Gasteiger charge is 2.51. The second-order valence-corrected chi connectivity index (χ2v) is 6.99. The van der Waals surface area contributed by atoms with Gasteiger partial charge in [-0.1, -0.05) is 13.0 Å². The average Bonchev–Trinajstić information content (AvgIpc) is 3.23. The Labute approximate surface area is 147 Å². The molecule has 0 radical (unpaired) electrons. The van der Waals surface area contributed by atoms with Crippen molar-refractivity contribution < 1.29 is 4.79 Å². The first-order valence-electron chi connectivity index (χ1n) is 8.95. The van der Waals surface area contributed by atoms with Crippen LogP contribution in [0.5, 0.6) is 0 Å². The maximum atomic E-state index is 13.0. The predicted octanol–water partition coefficient (Wildman–Crippen LogP) is 2.06. The third-order valence-corrected chi connectivity index (χ3v) is 5.42. The first kappa shape index (κ1) is 16.0. The van der Waals surface area contributed by atoms with Gasteiger partial charge >= 0.3 is 0 Å². The molecule has 2 aromatic rings. The third-order valence-electron chi connectivity index (χ3n) is 5.42. The number of amides is 1. The second-order valence-electron chi connectivity index (χ2n) is 6.99. The van der Waals surface area contributed by atoms with Crippen LogP contribution in [0.3, 0.4) is 0 Å². The summed E-state index contributed by atoms with van der Waals surface area (Å²) in [7, 11) is 0. The van der Waals surface area contributed by atoms with Gasteiger partial charge in [-0.2, -0.15) is 0 Å². The number of nitrogens with zero attached hydrogens (tertiary/aromatic N) is 5. The first-order valence-corrected chi connectivity index (χ1v) is 8.95. The average molecular weight is 337 g/mol. The third kappa shape index (κ3) is 2.97. The summed E-state index contributed by atoms with van der Waals surface area (Å²) in [5, 5.41) is 0. The highest BCUT2D eigenvalue weighted by molar-refractivity contribution is 5.86. The lowest BCUT2D eigenvalue weighted by Gasteiger charge is -2.23. The Morgan fingerprint density at radius 2 is 1.92 bits per heavy atom. The van der Waals surface area contributed by atoms with Gasteiger partial charge in [0, 0.05) is 38.2 Å². The van der Waals surface area contributed by atoms with Crippen molar-refractivity contribution in [2.45, 2.75) is 32.7 Å². The smallest absolute Gasteiger partial charge is 0.231 e. The number of hydrogen-bond donors (Lipinski definition) is 0. The second kappa shape index (κ2) is 6.43. The van der Waals surface area contributed by atoms with Gasteiger partial charge in [0.15, 0.2) is 0 Å². The van der Waals surface area contributed by atoms with Gasteiger partial charge in [-0.05, 0) is 37.0 Å². The molecule has 130 valence electrons. The van der Waals surface area contributed by atoms with Crippen molar-refractivity contribution >= 4 is 11.9 Å². The van der Waals surface area contributed by atoms with Gasteiger partial charge in [0.25, 0.3) is 0 Å². The zero-order valence-corrected chi connectivity index (χ0v) is 14.6. The monoisotopic (exact) mass is 337 g/mol. The van der Waals surface area contributed by atoms with E-state index in [1.807, 2.05) is 35.5 Å². The lowest BCUT2D eigenvalue weighted by Crippen LogP contribution is -2.37. The number of aryl methyl sites for hydroxylation is 1. The van der Waals surface area contributed by atoms with E-state index in [9.17, 15) is 4.79 Å². The van der Waals surface area contributed by atoms with Crippen molar-refractivity contribution in [3.05, 3.63) is 48.0 Å². The van der Waals surface area contributed by atoms with Crippen LogP contribution in [0.1, 0.15) is 31.0 Å². The summed E-state index contributed by atoms with van der Waals surface area (Å²) < 4.78 is 0. The van der Waals surface area contributed by atoms with Crippen LogP contribution in [0, 0.1) is 5.41 Å². The topological polar surface area (TPSA) is 62.2 Å². The molecule has 0 saturated carbocycles. The molecule has 0 aromatic carbocycles. The highest BCUT2D eigenvalue weighted by atomic mass is 16.2. The summed E-state index contributed by atoms with van der Waals surface area (Å²) in [6.45, 7) is 5.06. The molecule has 6 nitrogen and oxygen atoms in total. The molecule has 2 fully saturated rings. The molecule has 0 bridgehead atoms. The molecule has 0 aliphatic carbocycles. The molecule has 0 N–H and O–H groups in total. The minimum atomic E-state index is -0.276. The molecule has 1 spiro atoms. The van der Waals surface area contributed by atoms with Crippen LogP contribution >= 0.6 is 0 Å². The van der Waals surface area contributed by atoms with Crippen molar-refractivity contribution in [2.24, 2.45) is 5.41 Å². The van der Waals surface area contributed by atoms with E-state index in [1.165, 1.54) is 0 Å². The molecule has 2 aliphatic rings. The quantitative estimate of drug-likeness (QED) is 0.855. The van der Waals surface area contributed by atoms with Gasteiger partial charge in [0.1, 0.15) is 0 Å². The van der Waals surface area contributed by atoms with Crippen LogP contribution in [-0.2, 0) is 17.8 Å². The minimum Gasteiger partial charge on any atom is -0.340 e. The fourth-order valence-corrected chi connectivity index (χ4v) is 3.85. The largest absolute Gasteiger partial charge is 0.340 e. The van der Waals surface area contributed by atoms with Crippen molar-refractivity contribution in [2.75, 3.05) is 24.5 Å². The maximum absolute atomic E-state index is 13.0. The Kier molecular flexibility index (Phi) is 4.11. The van der Waals surface area contributed by atoms with Crippen LogP contribution in [0.2, 0.25) is 0 Å². The Balaban J connectivity index is 1.45. The Bertz CT molecular complexity index is 748. The normalized spacial score (nSPS) is 23.0. The molecule has 2 aromatic heterocycles. The van der Waals surface area contributed by atoms with Crippen LogP contribution in [-0.4, -0.2) is 45.4 Å². The molecule has 4 rings (SSSR count). The molecule has 2 aliphatic heterocycles. The number of aromatic nitrogens is 3. The summed E-state index contributed by atoms with van der Waals surface area (Å²) in [5.74, 6) is 0.996. The molecule has 25 heavy (non-hydrogen) atoms. The van der Waals surface area contributed by atoms with Crippen LogP contribution in [0.15, 0.2) is 36.8 Å². The van der Waals surface area contributed by atoms with Gasteiger partial charge in [-0.3, -0.25) is 9.78 Å². The Morgan fingerprint density at radius 3 is 2.64 bits per heavy atom. The number of pyridine rings is 1. The first-order chi connectivity index (χ1) is 12.2. The molecule has 0 unspecified atom stereocenters.